The smallest absolute Gasteiger partial charge is 0.124 e. The lowest BCUT2D eigenvalue weighted by atomic mass is 10.0. The first-order chi connectivity index (χ1) is 9.33. The Bertz CT molecular complexity index is 505. The van der Waals surface area contributed by atoms with Crippen LogP contribution in [0.25, 0.3) is 0 Å². The second kappa shape index (κ2) is 6.82. The SMILES string of the molecule is COCCOc1ccccc1C(N)c1cnccn1. The lowest BCUT2D eigenvalue weighted by Gasteiger charge is -2.16. The molecule has 0 radical (unpaired) electrons. The van der Waals surface area contributed by atoms with Crippen molar-refractivity contribution in [2.24, 2.45) is 5.73 Å². The normalized spacial score (nSPS) is 12.1. The van der Waals surface area contributed by atoms with Crippen LogP contribution in [0.1, 0.15) is 17.3 Å². The Morgan fingerprint density at radius 2 is 2.05 bits per heavy atom. The Balaban J connectivity index is 2.19. The quantitative estimate of drug-likeness (QED) is 0.797. The minimum absolute atomic E-state index is 0.354. The summed E-state index contributed by atoms with van der Waals surface area (Å²) in [6.45, 7) is 1.02. The van der Waals surface area contributed by atoms with Crippen LogP contribution in [-0.4, -0.2) is 30.3 Å². The Hall–Kier alpha value is -1.98. The molecular weight excluding hydrogens is 242 g/mol. The van der Waals surface area contributed by atoms with Crippen LogP contribution in [0.5, 0.6) is 5.75 Å². The Morgan fingerprint density at radius 3 is 2.79 bits per heavy atom. The highest BCUT2D eigenvalue weighted by Gasteiger charge is 2.15. The van der Waals surface area contributed by atoms with Crippen LogP contribution in [0, 0.1) is 0 Å². The molecule has 1 aromatic heterocycles. The summed E-state index contributed by atoms with van der Waals surface area (Å²) < 4.78 is 10.6. The lowest BCUT2D eigenvalue weighted by Crippen LogP contribution is -2.16. The maximum Gasteiger partial charge on any atom is 0.124 e. The van der Waals surface area contributed by atoms with E-state index in [1.165, 1.54) is 0 Å². The molecule has 1 heterocycles. The van der Waals surface area contributed by atoms with E-state index in [1.54, 1.807) is 25.7 Å². The zero-order chi connectivity index (χ0) is 13.5. The Morgan fingerprint density at radius 1 is 1.21 bits per heavy atom. The third-order valence-electron chi connectivity index (χ3n) is 2.70. The molecule has 2 rings (SSSR count). The van der Waals surface area contributed by atoms with E-state index in [0.717, 1.165) is 11.3 Å². The van der Waals surface area contributed by atoms with Crippen LogP contribution in [0.15, 0.2) is 42.9 Å². The van der Waals surface area contributed by atoms with Gasteiger partial charge in [-0.2, -0.15) is 0 Å². The zero-order valence-corrected chi connectivity index (χ0v) is 10.8. The molecule has 0 saturated heterocycles. The molecule has 0 spiro atoms. The van der Waals surface area contributed by atoms with Gasteiger partial charge in [0.25, 0.3) is 0 Å². The summed E-state index contributed by atoms with van der Waals surface area (Å²) in [6, 6.07) is 7.30. The van der Waals surface area contributed by atoms with Crippen molar-refractivity contribution in [3.05, 3.63) is 54.1 Å². The molecule has 1 atom stereocenters. The molecule has 0 saturated carbocycles. The fraction of sp³-hybridized carbons (Fsp3) is 0.286. The van der Waals surface area contributed by atoms with Gasteiger partial charge in [0.05, 0.1) is 24.5 Å². The topological polar surface area (TPSA) is 70.3 Å². The van der Waals surface area contributed by atoms with Crippen molar-refractivity contribution in [1.82, 2.24) is 9.97 Å². The Kier molecular flexibility index (Phi) is 4.83. The van der Waals surface area contributed by atoms with Crippen molar-refractivity contribution in [2.45, 2.75) is 6.04 Å². The van der Waals surface area contributed by atoms with E-state index in [4.69, 9.17) is 15.2 Å². The van der Waals surface area contributed by atoms with Crippen LogP contribution < -0.4 is 10.5 Å². The van der Waals surface area contributed by atoms with E-state index < -0.39 is 0 Å². The molecule has 0 bridgehead atoms. The monoisotopic (exact) mass is 259 g/mol. The second-order valence-corrected chi connectivity index (χ2v) is 3.99. The second-order valence-electron chi connectivity index (χ2n) is 3.99. The summed E-state index contributed by atoms with van der Waals surface area (Å²) in [4.78, 5) is 8.26. The molecule has 1 aromatic carbocycles. The average Bonchev–Trinajstić information content (AvgIpc) is 2.48. The summed E-state index contributed by atoms with van der Waals surface area (Å²) in [6.07, 6.45) is 4.91. The molecule has 0 fully saturated rings. The minimum atomic E-state index is -0.354. The summed E-state index contributed by atoms with van der Waals surface area (Å²) in [5.74, 6) is 0.748. The third-order valence-corrected chi connectivity index (χ3v) is 2.70. The zero-order valence-electron chi connectivity index (χ0n) is 10.8. The fourth-order valence-corrected chi connectivity index (χ4v) is 1.73. The van der Waals surface area contributed by atoms with E-state index in [-0.39, 0.29) is 6.04 Å². The standard InChI is InChI=1S/C14H17N3O2/c1-18-8-9-19-13-5-3-2-4-11(13)14(15)12-10-16-6-7-17-12/h2-7,10,14H,8-9,15H2,1H3. The largest absolute Gasteiger partial charge is 0.491 e. The van der Waals surface area contributed by atoms with Crippen molar-refractivity contribution >= 4 is 0 Å². The molecular formula is C14H17N3O2. The average molecular weight is 259 g/mol. The van der Waals surface area contributed by atoms with Gasteiger partial charge in [0.15, 0.2) is 0 Å². The van der Waals surface area contributed by atoms with E-state index in [9.17, 15) is 0 Å². The first-order valence-electron chi connectivity index (χ1n) is 6.05. The fourth-order valence-electron chi connectivity index (χ4n) is 1.73. The van der Waals surface area contributed by atoms with Crippen LogP contribution in [0.2, 0.25) is 0 Å². The number of ether oxygens (including phenoxy) is 2. The van der Waals surface area contributed by atoms with Gasteiger partial charge in [0.1, 0.15) is 12.4 Å². The van der Waals surface area contributed by atoms with E-state index >= 15 is 0 Å². The number of rotatable bonds is 6. The first-order valence-corrected chi connectivity index (χ1v) is 6.05. The van der Waals surface area contributed by atoms with Gasteiger partial charge >= 0.3 is 0 Å². The van der Waals surface area contributed by atoms with E-state index in [1.807, 2.05) is 24.3 Å². The molecule has 19 heavy (non-hydrogen) atoms. The molecule has 2 N–H and O–H groups in total. The molecule has 0 amide bonds. The molecule has 5 nitrogen and oxygen atoms in total. The lowest BCUT2D eigenvalue weighted by molar-refractivity contribution is 0.145. The number of nitrogens with zero attached hydrogens (tertiary/aromatic N) is 2. The molecule has 100 valence electrons. The van der Waals surface area contributed by atoms with Crippen molar-refractivity contribution in [3.63, 3.8) is 0 Å². The van der Waals surface area contributed by atoms with Gasteiger partial charge in [-0.15, -0.1) is 0 Å². The van der Waals surface area contributed by atoms with Gasteiger partial charge in [-0.1, -0.05) is 18.2 Å². The highest BCUT2D eigenvalue weighted by atomic mass is 16.5. The summed E-state index contributed by atoms with van der Waals surface area (Å²) in [7, 11) is 1.64. The van der Waals surface area contributed by atoms with Gasteiger partial charge in [-0.25, -0.2) is 0 Å². The first kappa shape index (κ1) is 13.5. The molecule has 0 aliphatic rings. The van der Waals surface area contributed by atoms with Gasteiger partial charge < -0.3 is 15.2 Å². The van der Waals surface area contributed by atoms with E-state index in [0.29, 0.717) is 18.9 Å². The third kappa shape index (κ3) is 3.49. The maximum absolute atomic E-state index is 6.21. The number of aromatic nitrogens is 2. The summed E-state index contributed by atoms with van der Waals surface area (Å²) >= 11 is 0. The number of benzene rings is 1. The molecule has 5 heteroatoms. The number of hydrogen-bond acceptors (Lipinski definition) is 5. The van der Waals surface area contributed by atoms with Crippen LogP contribution in [0.4, 0.5) is 0 Å². The number of para-hydroxylation sites is 1. The summed E-state index contributed by atoms with van der Waals surface area (Å²) in [5.41, 5.74) is 7.81. The molecule has 0 aliphatic heterocycles. The van der Waals surface area contributed by atoms with Crippen LogP contribution >= 0.6 is 0 Å². The highest BCUT2D eigenvalue weighted by molar-refractivity contribution is 5.39. The number of methoxy groups -OCH3 is 1. The number of hydrogen-bond donors (Lipinski definition) is 1. The molecule has 2 aromatic rings. The van der Waals surface area contributed by atoms with Crippen molar-refractivity contribution in [3.8, 4) is 5.75 Å². The van der Waals surface area contributed by atoms with Crippen LogP contribution in [0.3, 0.4) is 0 Å². The van der Waals surface area contributed by atoms with Crippen molar-refractivity contribution < 1.29 is 9.47 Å². The van der Waals surface area contributed by atoms with Crippen LogP contribution in [-0.2, 0) is 4.74 Å². The van der Waals surface area contributed by atoms with E-state index in [2.05, 4.69) is 9.97 Å². The molecule has 1 unspecified atom stereocenters. The predicted molar refractivity (Wildman–Crippen MR) is 71.9 cm³/mol. The van der Waals surface area contributed by atoms with Gasteiger partial charge in [0, 0.05) is 25.1 Å². The Labute approximate surface area is 112 Å². The van der Waals surface area contributed by atoms with Crippen molar-refractivity contribution in [2.75, 3.05) is 20.3 Å². The van der Waals surface area contributed by atoms with Gasteiger partial charge in [-0.05, 0) is 6.07 Å². The minimum Gasteiger partial charge on any atom is -0.491 e. The summed E-state index contributed by atoms with van der Waals surface area (Å²) in [5, 5.41) is 0. The molecule has 0 aliphatic carbocycles. The van der Waals surface area contributed by atoms with Gasteiger partial charge in [0.2, 0.25) is 0 Å². The highest BCUT2D eigenvalue weighted by Crippen LogP contribution is 2.26. The maximum atomic E-state index is 6.21. The van der Waals surface area contributed by atoms with Crippen molar-refractivity contribution in [1.29, 1.82) is 0 Å². The van der Waals surface area contributed by atoms with Gasteiger partial charge in [-0.3, -0.25) is 9.97 Å². The number of nitrogens with two attached hydrogens (primary N) is 1. The predicted octanol–water partition coefficient (Wildman–Crippen LogP) is 1.55.